The molecule has 2 atom stereocenters. The van der Waals surface area contributed by atoms with E-state index in [0.717, 1.165) is 32.0 Å². The smallest absolute Gasteiger partial charge is 0.224 e. The van der Waals surface area contributed by atoms with Crippen LogP contribution in [0.15, 0.2) is 30.3 Å². The predicted octanol–water partition coefficient (Wildman–Crippen LogP) is 1.76. The summed E-state index contributed by atoms with van der Waals surface area (Å²) in [6, 6.07) is 11.1. The van der Waals surface area contributed by atoms with Gasteiger partial charge in [-0.25, -0.2) is 0 Å². The van der Waals surface area contributed by atoms with Crippen molar-refractivity contribution < 1.29 is 9.53 Å². The van der Waals surface area contributed by atoms with Crippen LogP contribution in [-0.4, -0.2) is 55.1 Å². The third kappa shape index (κ3) is 3.27. The first kappa shape index (κ1) is 14.5. The summed E-state index contributed by atoms with van der Waals surface area (Å²) < 4.78 is 5.01. The molecule has 0 N–H and O–H groups in total. The minimum absolute atomic E-state index is 0.238. The summed E-state index contributed by atoms with van der Waals surface area (Å²) >= 11 is 0. The van der Waals surface area contributed by atoms with E-state index in [4.69, 9.17) is 4.74 Å². The van der Waals surface area contributed by atoms with Gasteiger partial charge in [-0.05, 0) is 17.9 Å². The zero-order valence-electron chi connectivity index (χ0n) is 12.7. The monoisotopic (exact) mass is 288 g/mol. The number of ether oxygens (including phenoxy) is 1. The lowest BCUT2D eigenvalue weighted by molar-refractivity contribution is -0.139. The minimum Gasteiger partial charge on any atom is -0.384 e. The number of carbonyl (C=O) groups is 1. The summed E-state index contributed by atoms with van der Waals surface area (Å²) in [5, 5.41) is 0. The molecular weight excluding hydrogens is 264 g/mol. The van der Waals surface area contributed by atoms with Crippen LogP contribution in [-0.2, 0) is 16.1 Å². The Morgan fingerprint density at radius 3 is 2.86 bits per heavy atom. The van der Waals surface area contributed by atoms with Crippen LogP contribution < -0.4 is 0 Å². The largest absolute Gasteiger partial charge is 0.384 e. The van der Waals surface area contributed by atoms with E-state index in [1.165, 1.54) is 12.1 Å². The maximum Gasteiger partial charge on any atom is 0.224 e. The molecule has 0 bridgehead atoms. The molecule has 4 heteroatoms. The number of likely N-dealkylation sites (tertiary alicyclic amines) is 2. The van der Waals surface area contributed by atoms with Gasteiger partial charge in [-0.3, -0.25) is 9.69 Å². The van der Waals surface area contributed by atoms with Crippen molar-refractivity contribution in [3.05, 3.63) is 35.9 Å². The van der Waals surface area contributed by atoms with Crippen LogP contribution in [0.3, 0.4) is 0 Å². The fraction of sp³-hybridized carbons (Fsp3) is 0.588. The first-order valence-corrected chi connectivity index (χ1v) is 7.82. The van der Waals surface area contributed by atoms with Crippen LogP contribution in [0.1, 0.15) is 18.4 Å². The Balaban J connectivity index is 1.54. The summed E-state index contributed by atoms with van der Waals surface area (Å²) in [5.74, 6) is 1.02. The van der Waals surface area contributed by atoms with E-state index in [0.29, 0.717) is 19.1 Å². The van der Waals surface area contributed by atoms with Crippen molar-refractivity contribution in [3.63, 3.8) is 0 Å². The topological polar surface area (TPSA) is 32.8 Å². The van der Waals surface area contributed by atoms with Gasteiger partial charge in [0.25, 0.3) is 0 Å². The molecule has 0 spiro atoms. The second-order valence-corrected chi connectivity index (χ2v) is 6.11. The first-order chi connectivity index (χ1) is 10.3. The molecule has 1 aromatic carbocycles. The number of carbonyl (C=O) groups excluding carboxylic acids is 1. The zero-order chi connectivity index (χ0) is 14.7. The number of nitrogens with zero attached hydrogens (tertiary/aromatic N) is 2. The second-order valence-electron chi connectivity index (χ2n) is 6.11. The highest BCUT2D eigenvalue weighted by atomic mass is 16.5. The van der Waals surface area contributed by atoms with Crippen LogP contribution in [0.5, 0.6) is 0 Å². The molecule has 1 aromatic rings. The number of hydrogen-bond acceptors (Lipinski definition) is 3. The van der Waals surface area contributed by atoms with E-state index >= 15 is 0 Å². The van der Waals surface area contributed by atoms with Crippen molar-refractivity contribution in [2.45, 2.75) is 25.4 Å². The van der Waals surface area contributed by atoms with Gasteiger partial charge in [0, 0.05) is 39.3 Å². The molecule has 0 aromatic heterocycles. The molecule has 2 fully saturated rings. The Labute approximate surface area is 126 Å². The highest BCUT2D eigenvalue weighted by Crippen LogP contribution is 2.33. The van der Waals surface area contributed by atoms with E-state index < -0.39 is 0 Å². The molecule has 114 valence electrons. The van der Waals surface area contributed by atoms with E-state index in [1.807, 2.05) is 4.90 Å². The van der Waals surface area contributed by atoms with Gasteiger partial charge in [0.1, 0.15) is 0 Å². The molecule has 21 heavy (non-hydrogen) atoms. The lowest BCUT2D eigenvalue weighted by Gasteiger charge is -2.53. The van der Waals surface area contributed by atoms with Crippen LogP contribution in [0.2, 0.25) is 0 Å². The van der Waals surface area contributed by atoms with Crippen molar-refractivity contribution in [1.29, 1.82) is 0 Å². The molecule has 0 radical (unpaired) electrons. The average molecular weight is 288 g/mol. The number of amides is 1. The van der Waals surface area contributed by atoms with E-state index in [9.17, 15) is 4.79 Å². The van der Waals surface area contributed by atoms with Gasteiger partial charge in [-0.1, -0.05) is 30.3 Å². The van der Waals surface area contributed by atoms with Crippen molar-refractivity contribution in [3.8, 4) is 0 Å². The first-order valence-electron chi connectivity index (χ1n) is 7.82. The van der Waals surface area contributed by atoms with Gasteiger partial charge in [0.2, 0.25) is 5.91 Å². The molecule has 2 saturated heterocycles. The maximum absolute atomic E-state index is 12.1. The van der Waals surface area contributed by atoms with Gasteiger partial charge in [0.15, 0.2) is 0 Å². The Bertz CT molecular complexity index is 477. The van der Waals surface area contributed by atoms with Crippen LogP contribution >= 0.6 is 0 Å². The third-order valence-corrected chi connectivity index (χ3v) is 4.76. The van der Waals surface area contributed by atoms with Gasteiger partial charge >= 0.3 is 0 Å². The number of hydrogen-bond donors (Lipinski definition) is 0. The Morgan fingerprint density at radius 1 is 1.29 bits per heavy atom. The van der Waals surface area contributed by atoms with Crippen molar-refractivity contribution in [1.82, 2.24) is 9.80 Å². The normalized spacial score (nSPS) is 25.3. The number of methoxy groups -OCH3 is 1. The standard InChI is InChI=1S/C17H24N2O2/c1-21-10-8-17(20)18-9-7-15-12-19(16(15)13-18)11-14-5-3-2-4-6-14/h2-6,15-16H,7-13H2,1H3/t15-,16-/m1/s1. The highest BCUT2D eigenvalue weighted by Gasteiger charge is 2.43. The van der Waals surface area contributed by atoms with Crippen molar-refractivity contribution in [2.75, 3.05) is 33.4 Å². The quantitative estimate of drug-likeness (QED) is 0.827. The van der Waals surface area contributed by atoms with Gasteiger partial charge in [0.05, 0.1) is 13.0 Å². The van der Waals surface area contributed by atoms with E-state index in [-0.39, 0.29) is 5.91 Å². The van der Waals surface area contributed by atoms with Gasteiger partial charge in [-0.2, -0.15) is 0 Å². The highest BCUT2D eigenvalue weighted by molar-refractivity contribution is 5.76. The van der Waals surface area contributed by atoms with E-state index in [2.05, 4.69) is 35.2 Å². The minimum atomic E-state index is 0.238. The molecule has 0 aliphatic carbocycles. The van der Waals surface area contributed by atoms with Crippen LogP contribution in [0.25, 0.3) is 0 Å². The van der Waals surface area contributed by atoms with Gasteiger partial charge < -0.3 is 9.64 Å². The summed E-state index contributed by atoms with van der Waals surface area (Å²) in [4.78, 5) is 16.7. The lowest BCUT2D eigenvalue weighted by atomic mass is 9.82. The van der Waals surface area contributed by atoms with E-state index in [1.54, 1.807) is 7.11 Å². The average Bonchev–Trinajstić information content (AvgIpc) is 2.51. The van der Waals surface area contributed by atoms with Crippen molar-refractivity contribution in [2.24, 2.45) is 5.92 Å². The molecule has 2 aliphatic rings. The fourth-order valence-corrected chi connectivity index (χ4v) is 3.48. The SMILES string of the molecule is COCCC(=O)N1CC[C@@H]2CN(Cc3ccccc3)[C@@H]2C1. The third-order valence-electron chi connectivity index (χ3n) is 4.76. The fourth-order valence-electron chi connectivity index (χ4n) is 3.48. The van der Waals surface area contributed by atoms with Crippen LogP contribution in [0, 0.1) is 5.92 Å². The Hall–Kier alpha value is -1.39. The zero-order valence-corrected chi connectivity index (χ0v) is 12.7. The number of fused-ring (bicyclic) bond motifs is 1. The molecular formula is C17H24N2O2. The Kier molecular flexibility index (Phi) is 4.56. The summed E-state index contributed by atoms with van der Waals surface area (Å²) in [6.45, 7) is 4.52. The molecule has 2 aliphatic heterocycles. The molecule has 2 heterocycles. The molecule has 3 rings (SSSR count). The second kappa shape index (κ2) is 6.58. The number of rotatable bonds is 5. The molecule has 0 saturated carbocycles. The number of piperidine rings is 1. The van der Waals surface area contributed by atoms with Crippen LogP contribution in [0.4, 0.5) is 0 Å². The molecule has 4 nitrogen and oxygen atoms in total. The number of benzene rings is 1. The summed E-state index contributed by atoms with van der Waals surface area (Å²) in [5.41, 5.74) is 1.36. The molecule has 1 amide bonds. The maximum atomic E-state index is 12.1. The lowest BCUT2D eigenvalue weighted by Crippen LogP contribution is -2.64. The Morgan fingerprint density at radius 2 is 2.10 bits per heavy atom. The summed E-state index contributed by atoms with van der Waals surface area (Å²) in [6.07, 6.45) is 1.65. The molecule has 0 unspecified atom stereocenters. The van der Waals surface area contributed by atoms with Gasteiger partial charge in [-0.15, -0.1) is 0 Å². The van der Waals surface area contributed by atoms with Crippen molar-refractivity contribution >= 4 is 5.91 Å². The predicted molar refractivity (Wildman–Crippen MR) is 81.8 cm³/mol. The summed E-state index contributed by atoms with van der Waals surface area (Å²) in [7, 11) is 1.65.